The number of benzene rings is 1. The number of hydrogen-bond donors (Lipinski definition) is 1. The van der Waals surface area contributed by atoms with Gasteiger partial charge in [0.25, 0.3) is 0 Å². The summed E-state index contributed by atoms with van der Waals surface area (Å²) in [5.41, 5.74) is 1.37. The molecule has 4 nitrogen and oxygen atoms in total. The third-order valence-electron chi connectivity index (χ3n) is 2.27. The standard InChI is InChI=1S/C12H11ClFN3O/c13-5-12(18)16-11-6-15-17(8-11)7-9-2-1-3-10(14)4-9/h1-4,6,8H,5,7H2,(H,16,18). The number of anilines is 1. The highest BCUT2D eigenvalue weighted by Gasteiger charge is 2.03. The minimum atomic E-state index is -0.290. The Hall–Kier alpha value is -1.88. The minimum Gasteiger partial charge on any atom is -0.322 e. The third kappa shape index (κ3) is 3.30. The quantitative estimate of drug-likeness (QED) is 0.864. The summed E-state index contributed by atoms with van der Waals surface area (Å²) >= 11 is 5.37. The van der Waals surface area contributed by atoms with Gasteiger partial charge in [-0.3, -0.25) is 9.48 Å². The van der Waals surface area contributed by atoms with Crippen LogP contribution in [0.1, 0.15) is 5.56 Å². The summed E-state index contributed by atoms with van der Waals surface area (Å²) in [4.78, 5) is 11.1. The fourth-order valence-electron chi connectivity index (χ4n) is 1.53. The van der Waals surface area contributed by atoms with Gasteiger partial charge in [0.2, 0.25) is 5.91 Å². The van der Waals surface area contributed by atoms with Crippen molar-refractivity contribution < 1.29 is 9.18 Å². The normalized spacial score (nSPS) is 10.3. The van der Waals surface area contributed by atoms with E-state index in [1.54, 1.807) is 16.9 Å². The summed E-state index contributed by atoms with van der Waals surface area (Å²) < 4.78 is 14.6. The number of rotatable bonds is 4. The number of carbonyl (C=O) groups is 1. The Morgan fingerprint density at radius 2 is 2.33 bits per heavy atom. The SMILES string of the molecule is O=C(CCl)Nc1cnn(Cc2cccc(F)c2)c1. The Morgan fingerprint density at radius 3 is 3.06 bits per heavy atom. The molecule has 0 saturated carbocycles. The molecule has 0 saturated heterocycles. The molecule has 94 valence electrons. The maximum absolute atomic E-state index is 13.0. The zero-order chi connectivity index (χ0) is 13.0. The van der Waals surface area contributed by atoms with Gasteiger partial charge in [-0.2, -0.15) is 5.10 Å². The van der Waals surface area contributed by atoms with Crippen molar-refractivity contribution >= 4 is 23.2 Å². The molecule has 2 aromatic rings. The number of alkyl halides is 1. The van der Waals surface area contributed by atoms with Crippen LogP contribution in [0, 0.1) is 5.82 Å². The number of hydrogen-bond acceptors (Lipinski definition) is 2. The van der Waals surface area contributed by atoms with E-state index in [9.17, 15) is 9.18 Å². The average molecular weight is 268 g/mol. The molecule has 1 heterocycles. The molecule has 0 spiro atoms. The van der Waals surface area contributed by atoms with Gasteiger partial charge in [0.1, 0.15) is 11.7 Å². The molecule has 0 fully saturated rings. The largest absolute Gasteiger partial charge is 0.322 e. The Bertz CT molecular complexity index is 556. The molecule has 0 atom stereocenters. The second-order valence-corrected chi connectivity index (χ2v) is 4.01. The van der Waals surface area contributed by atoms with E-state index in [1.165, 1.54) is 18.3 Å². The number of nitrogens with one attached hydrogen (secondary N) is 1. The Kier molecular flexibility index (Phi) is 3.94. The Labute approximate surface area is 108 Å². The van der Waals surface area contributed by atoms with Gasteiger partial charge in [-0.25, -0.2) is 4.39 Å². The Balaban J connectivity index is 2.04. The first-order valence-electron chi connectivity index (χ1n) is 5.30. The lowest BCUT2D eigenvalue weighted by atomic mass is 10.2. The molecule has 0 aliphatic heterocycles. The van der Waals surface area contributed by atoms with Crippen LogP contribution in [0.3, 0.4) is 0 Å². The van der Waals surface area contributed by atoms with Gasteiger partial charge >= 0.3 is 0 Å². The summed E-state index contributed by atoms with van der Waals surface area (Å²) in [5.74, 6) is -0.674. The summed E-state index contributed by atoms with van der Waals surface area (Å²) in [7, 11) is 0. The fourth-order valence-corrected chi connectivity index (χ4v) is 1.60. The van der Waals surface area contributed by atoms with Crippen molar-refractivity contribution in [2.45, 2.75) is 6.54 Å². The van der Waals surface area contributed by atoms with Gasteiger partial charge in [-0.1, -0.05) is 12.1 Å². The molecule has 2 rings (SSSR count). The minimum absolute atomic E-state index is 0.102. The average Bonchev–Trinajstić information content (AvgIpc) is 2.76. The molecule has 0 radical (unpaired) electrons. The monoisotopic (exact) mass is 267 g/mol. The molecule has 1 aromatic carbocycles. The smallest absolute Gasteiger partial charge is 0.239 e. The number of carbonyl (C=O) groups excluding carboxylic acids is 1. The van der Waals surface area contributed by atoms with Crippen molar-refractivity contribution in [2.75, 3.05) is 11.2 Å². The van der Waals surface area contributed by atoms with Gasteiger partial charge in [0.15, 0.2) is 0 Å². The molecular formula is C12H11ClFN3O. The molecule has 0 unspecified atom stereocenters. The van der Waals surface area contributed by atoms with Gasteiger partial charge in [-0.15, -0.1) is 11.6 Å². The third-order valence-corrected chi connectivity index (χ3v) is 2.51. The zero-order valence-electron chi connectivity index (χ0n) is 9.44. The van der Waals surface area contributed by atoms with Crippen LogP contribution < -0.4 is 5.32 Å². The summed E-state index contributed by atoms with van der Waals surface area (Å²) in [6, 6.07) is 6.28. The number of amides is 1. The molecule has 1 aromatic heterocycles. The van der Waals surface area contributed by atoms with Gasteiger partial charge in [0.05, 0.1) is 18.4 Å². The lowest BCUT2D eigenvalue weighted by Crippen LogP contribution is -2.11. The van der Waals surface area contributed by atoms with Crippen LogP contribution in [-0.4, -0.2) is 21.6 Å². The molecule has 6 heteroatoms. The van der Waals surface area contributed by atoms with Crippen LogP contribution in [0.5, 0.6) is 0 Å². The first-order valence-corrected chi connectivity index (χ1v) is 5.83. The van der Waals surface area contributed by atoms with E-state index in [-0.39, 0.29) is 17.6 Å². The highest BCUT2D eigenvalue weighted by Crippen LogP contribution is 2.09. The van der Waals surface area contributed by atoms with E-state index in [2.05, 4.69) is 10.4 Å². The van der Waals surface area contributed by atoms with Crippen molar-refractivity contribution in [3.8, 4) is 0 Å². The van der Waals surface area contributed by atoms with Crippen LogP contribution in [0.15, 0.2) is 36.7 Å². The van der Waals surface area contributed by atoms with Gasteiger partial charge in [0, 0.05) is 6.20 Å². The van der Waals surface area contributed by atoms with Crippen molar-refractivity contribution in [3.05, 3.63) is 48.0 Å². The zero-order valence-corrected chi connectivity index (χ0v) is 10.2. The summed E-state index contributed by atoms with van der Waals surface area (Å²) in [6.45, 7) is 0.439. The lowest BCUT2D eigenvalue weighted by molar-refractivity contribution is -0.113. The molecule has 18 heavy (non-hydrogen) atoms. The van der Waals surface area contributed by atoms with E-state index >= 15 is 0 Å². The number of aromatic nitrogens is 2. The Morgan fingerprint density at radius 1 is 1.50 bits per heavy atom. The molecule has 0 aliphatic rings. The van der Waals surface area contributed by atoms with Crippen LogP contribution in [0.2, 0.25) is 0 Å². The maximum Gasteiger partial charge on any atom is 0.239 e. The van der Waals surface area contributed by atoms with Crippen LogP contribution in [0.25, 0.3) is 0 Å². The lowest BCUT2D eigenvalue weighted by Gasteiger charge is -2.01. The van der Waals surface area contributed by atoms with Crippen molar-refractivity contribution in [1.29, 1.82) is 0 Å². The second-order valence-electron chi connectivity index (χ2n) is 3.74. The van der Waals surface area contributed by atoms with Crippen molar-refractivity contribution in [2.24, 2.45) is 0 Å². The predicted molar refractivity (Wildman–Crippen MR) is 67.1 cm³/mol. The first kappa shape index (κ1) is 12.6. The van der Waals surface area contributed by atoms with E-state index < -0.39 is 0 Å². The maximum atomic E-state index is 13.0. The first-order chi connectivity index (χ1) is 8.67. The van der Waals surface area contributed by atoms with E-state index in [4.69, 9.17) is 11.6 Å². The highest BCUT2D eigenvalue weighted by molar-refractivity contribution is 6.29. The molecule has 0 aliphatic carbocycles. The molecular weight excluding hydrogens is 257 g/mol. The van der Waals surface area contributed by atoms with Crippen LogP contribution in [0.4, 0.5) is 10.1 Å². The summed E-state index contributed by atoms with van der Waals surface area (Å²) in [5, 5.41) is 6.65. The molecule has 1 N–H and O–H groups in total. The second kappa shape index (κ2) is 5.64. The molecule has 0 bridgehead atoms. The highest BCUT2D eigenvalue weighted by atomic mass is 35.5. The fraction of sp³-hybridized carbons (Fsp3) is 0.167. The summed E-state index contributed by atoms with van der Waals surface area (Å²) in [6.07, 6.45) is 3.18. The van der Waals surface area contributed by atoms with Crippen molar-refractivity contribution in [1.82, 2.24) is 9.78 Å². The van der Waals surface area contributed by atoms with E-state index in [0.717, 1.165) is 5.56 Å². The van der Waals surface area contributed by atoms with Gasteiger partial charge < -0.3 is 5.32 Å². The van der Waals surface area contributed by atoms with Gasteiger partial charge in [-0.05, 0) is 17.7 Å². The number of nitrogens with zero attached hydrogens (tertiary/aromatic N) is 2. The topological polar surface area (TPSA) is 46.9 Å². The molecule has 1 amide bonds. The van der Waals surface area contributed by atoms with Crippen molar-refractivity contribution in [3.63, 3.8) is 0 Å². The van der Waals surface area contributed by atoms with Crippen LogP contribution in [-0.2, 0) is 11.3 Å². The van der Waals surface area contributed by atoms with E-state index in [0.29, 0.717) is 12.2 Å². The van der Waals surface area contributed by atoms with E-state index in [1.807, 2.05) is 6.07 Å². The van der Waals surface area contributed by atoms with Crippen LogP contribution >= 0.6 is 11.6 Å². The predicted octanol–water partition coefficient (Wildman–Crippen LogP) is 2.25. The number of halogens is 2.